The first-order chi connectivity index (χ1) is 6.85. The molecule has 1 spiro atoms. The minimum absolute atomic E-state index is 0.0208. The second kappa shape index (κ2) is 3.16. The predicted molar refractivity (Wildman–Crippen MR) is 53.6 cm³/mol. The van der Waals surface area contributed by atoms with Crippen LogP contribution in [0.4, 0.5) is 0 Å². The number of hydrogen-bond donors (Lipinski definition) is 2. The second-order valence-corrected chi connectivity index (χ2v) is 6.01. The number of carbonyl (C=O) groups is 1. The number of hydrogen-bond acceptors (Lipinski definition) is 3. The van der Waals surface area contributed by atoms with Gasteiger partial charge in [-0.2, -0.15) is 12.7 Å². The molecule has 1 amide bonds. The summed E-state index contributed by atoms with van der Waals surface area (Å²) in [7, 11) is -3.57. The summed E-state index contributed by atoms with van der Waals surface area (Å²) in [6, 6.07) is 0. The van der Waals surface area contributed by atoms with E-state index in [1.54, 1.807) is 0 Å². The van der Waals surface area contributed by atoms with Gasteiger partial charge in [-0.15, -0.1) is 0 Å². The fourth-order valence-electron chi connectivity index (χ4n) is 2.49. The number of carbonyl (C=O) groups excluding carboxylic acids is 1. The van der Waals surface area contributed by atoms with E-state index in [0.29, 0.717) is 25.9 Å². The van der Waals surface area contributed by atoms with Crippen LogP contribution in [-0.4, -0.2) is 31.7 Å². The van der Waals surface area contributed by atoms with Crippen LogP contribution in [-0.2, 0) is 15.0 Å². The lowest BCUT2D eigenvalue weighted by atomic mass is 9.92. The molecule has 6 nitrogen and oxygen atoms in total. The van der Waals surface area contributed by atoms with E-state index in [0.717, 1.165) is 6.42 Å². The van der Waals surface area contributed by atoms with Crippen molar-refractivity contribution in [1.29, 1.82) is 0 Å². The average molecular weight is 233 g/mol. The van der Waals surface area contributed by atoms with Crippen molar-refractivity contribution in [2.75, 3.05) is 13.1 Å². The summed E-state index contributed by atoms with van der Waals surface area (Å²) in [5, 5.41) is 5.02. The molecule has 1 heterocycles. The van der Waals surface area contributed by atoms with Crippen LogP contribution in [0.15, 0.2) is 0 Å². The molecule has 2 aliphatic rings. The normalized spacial score (nSPS) is 30.3. The second-order valence-electron chi connectivity index (χ2n) is 4.47. The van der Waals surface area contributed by atoms with E-state index < -0.39 is 10.2 Å². The highest BCUT2D eigenvalue weighted by atomic mass is 32.2. The van der Waals surface area contributed by atoms with Crippen molar-refractivity contribution in [2.45, 2.75) is 19.3 Å². The van der Waals surface area contributed by atoms with Crippen molar-refractivity contribution >= 4 is 16.1 Å². The van der Waals surface area contributed by atoms with Gasteiger partial charge in [-0.3, -0.25) is 4.79 Å². The summed E-state index contributed by atoms with van der Waals surface area (Å²) in [6.45, 7) is 0.811. The zero-order valence-electron chi connectivity index (χ0n) is 8.35. The van der Waals surface area contributed by atoms with Gasteiger partial charge in [0.05, 0.1) is 0 Å². The molecule has 1 saturated carbocycles. The van der Waals surface area contributed by atoms with Crippen molar-refractivity contribution in [3.63, 3.8) is 0 Å². The smallest absolute Gasteiger partial charge is 0.276 e. The van der Waals surface area contributed by atoms with Gasteiger partial charge >= 0.3 is 0 Å². The van der Waals surface area contributed by atoms with Gasteiger partial charge in [-0.05, 0) is 24.7 Å². The highest BCUT2D eigenvalue weighted by Gasteiger charge is 2.58. The number of amides is 1. The van der Waals surface area contributed by atoms with E-state index in [2.05, 4.69) is 0 Å². The summed E-state index contributed by atoms with van der Waals surface area (Å²) >= 11 is 0. The van der Waals surface area contributed by atoms with Crippen LogP contribution in [0.3, 0.4) is 0 Å². The molecule has 0 aromatic rings. The van der Waals surface area contributed by atoms with E-state index in [1.165, 1.54) is 4.31 Å². The molecule has 0 aromatic heterocycles. The Morgan fingerprint density at radius 2 is 1.87 bits per heavy atom. The Morgan fingerprint density at radius 1 is 1.33 bits per heavy atom. The fourth-order valence-corrected chi connectivity index (χ4v) is 3.18. The molecular weight excluding hydrogens is 218 g/mol. The highest BCUT2D eigenvalue weighted by Crippen LogP contribution is 2.59. The molecular formula is C8H15N3O3S. The van der Waals surface area contributed by atoms with Gasteiger partial charge in [-0.25, -0.2) is 5.14 Å². The van der Waals surface area contributed by atoms with Crippen LogP contribution in [0.1, 0.15) is 19.3 Å². The van der Waals surface area contributed by atoms with E-state index in [1.807, 2.05) is 0 Å². The molecule has 1 aliphatic heterocycles. The molecule has 86 valence electrons. The number of rotatable bonds is 2. The zero-order valence-corrected chi connectivity index (χ0v) is 9.16. The largest absolute Gasteiger partial charge is 0.369 e. The molecule has 7 heteroatoms. The van der Waals surface area contributed by atoms with Crippen LogP contribution in [0.25, 0.3) is 0 Å². The molecule has 4 N–H and O–H groups in total. The van der Waals surface area contributed by atoms with Crippen molar-refractivity contribution < 1.29 is 13.2 Å². The van der Waals surface area contributed by atoms with Gasteiger partial charge in [0.25, 0.3) is 10.2 Å². The van der Waals surface area contributed by atoms with Gasteiger partial charge in [0, 0.05) is 19.0 Å². The SMILES string of the molecule is NC(=O)[C@@H]1CC12CCN(S(N)(=O)=O)CC2. The van der Waals surface area contributed by atoms with E-state index in [9.17, 15) is 13.2 Å². The summed E-state index contributed by atoms with van der Waals surface area (Å²) in [5.74, 6) is -0.320. The summed E-state index contributed by atoms with van der Waals surface area (Å²) in [5.41, 5.74) is 5.21. The maximum absolute atomic E-state index is 11.0. The van der Waals surface area contributed by atoms with E-state index >= 15 is 0 Å². The van der Waals surface area contributed by atoms with Crippen molar-refractivity contribution in [1.82, 2.24) is 4.31 Å². The summed E-state index contributed by atoms with van der Waals surface area (Å²) in [6.07, 6.45) is 2.19. The molecule has 1 aliphatic carbocycles. The molecule has 0 unspecified atom stereocenters. The van der Waals surface area contributed by atoms with Crippen LogP contribution < -0.4 is 10.9 Å². The Morgan fingerprint density at radius 3 is 2.20 bits per heavy atom. The molecule has 2 rings (SSSR count). The maximum atomic E-state index is 11.0. The maximum Gasteiger partial charge on any atom is 0.276 e. The zero-order chi connectivity index (χ0) is 11.3. The molecule has 1 atom stereocenters. The number of nitrogens with two attached hydrogens (primary N) is 2. The molecule has 1 saturated heterocycles. The minimum Gasteiger partial charge on any atom is -0.369 e. The number of nitrogens with zero attached hydrogens (tertiary/aromatic N) is 1. The lowest BCUT2D eigenvalue weighted by molar-refractivity contribution is -0.120. The monoisotopic (exact) mass is 233 g/mol. The standard InChI is InChI=1S/C8H15N3O3S/c9-7(12)6-5-8(6)1-3-11(4-2-8)15(10,13)14/h6H,1-5H2,(H2,9,12)(H2,10,13,14)/t6-/m0/s1. The Kier molecular flexibility index (Phi) is 2.29. The quantitative estimate of drug-likeness (QED) is 0.624. The van der Waals surface area contributed by atoms with Crippen LogP contribution in [0.5, 0.6) is 0 Å². The molecule has 2 fully saturated rings. The molecule has 15 heavy (non-hydrogen) atoms. The first-order valence-electron chi connectivity index (χ1n) is 4.92. The Hall–Kier alpha value is -0.660. The lowest BCUT2D eigenvalue weighted by Crippen LogP contribution is -2.43. The number of piperidine rings is 1. The summed E-state index contributed by atoms with van der Waals surface area (Å²) < 4.78 is 23.3. The average Bonchev–Trinajstić information content (AvgIpc) is 2.79. The van der Waals surface area contributed by atoms with Crippen LogP contribution in [0.2, 0.25) is 0 Å². The van der Waals surface area contributed by atoms with E-state index in [-0.39, 0.29) is 17.2 Å². The van der Waals surface area contributed by atoms with Gasteiger partial charge in [0.2, 0.25) is 5.91 Å². The lowest BCUT2D eigenvalue weighted by Gasteiger charge is -2.30. The van der Waals surface area contributed by atoms with Crippen LogP contribution >= 0.6 is 0 Å². The highest BCUT2D eigenvalue weighted by molar-refractivity contribution is 7.86. The Bertz CT molecular complexity index is 384. The van der Waals surface area contributed by atoms with E-state index in [4.69, 9.17) is 10.9 Å². The van der Waals surface area contributed by atoms with Crippen molar-refractivity contribution in [3.8, 4) is 0 Å². The van der Waals surface area contributed by atoms with Gasteiger partial charge in [0.15, 0.2) is 0 Å². The van der Waals surface area contributed by atoms with Gasteiger partial charge in [0.1, 0.15) is 0 Å². The molecule has 0 aromatic carbocycles. The Balaban J connectivity index is 1.97. The third-order valence-electron chi connectivity index (χ3n) is 3.61. The van der Waals surface area contributed by atoms with Gasteiger partial charge < -0.3 is 5.73 Å². The first kappa shape index (κ1) is 10.8. The topological polar surface area (TPSA) is 106 Å². The van der Waals surface area contributed by atoms with Crippen LogP contribution in [0, 0.1) is 11.3 Å². The minimum atomic E-state index is -3.57. The Labute approximate surface area is 88.8 Å². The third kappa shape index (κ3) is 1.86. The summed E-state index contributed by atoms with van der Waals surface area (Å²) in [4.78, 5) is 11.0. The van der Waals surface area contributed by atoms with Gasteiger partial charge in [-0.1, -0.05) is 0 Å². The first-order valence-corrected chi connectivity index (χ1v) is 6.43. The van der Waals surface area contributed by atoms with Crippen molar-refractivity contribution in [2.24, 2.45) is 22.2 Å². The molecule has 0 bridgehead atoms. The van der Waals surface area contributed by atoms with Crippen molar-refractivity contribution in [3.05, 3.63) is 0 Å². The third-order valence-corrected chi connectivity index (χ3v) is 4.70. The molecule has 0 radical (unpaired) electrons. The fraction of sp³-hybridized carbons (Fsp3) is 0.875. The predicted octanol–water partition coefficient (Wildman–Crippen LogP) is -1.22. The number of primary amides is 1.